The summed E-state index contributed by atoms with van der Waals surface area (Å²) in [5.74, 6) is 3.50. The molecule has 3 aromatic rings. The molecule has 0 bridgehead atoms. The van der Waals surface area contributed by atoms with Crippen molar-refractivity contribution < 1.29 is 14.3 Å². The lowest BCUT2D eigenvalue weighted by molar-refractivity contribution is -0.112. The van der Waals surface area contributed by atoms with Crippen LogP contribution in [0.25, 0.3) is 10.9 Å². The molecule has 8 nitrogen and oxygen atoms in total. The number of terminal acetylenes is 1. The first-order valence-corrected chi connectivity index (χ1v) is 11.8. The molecule has 3 heterocycles. The Labute approximate surface area is 204 Å². The van der Waals surface area contributed by atoms with E-state index < -0.39 is 0 Å². The molecule has 2 aliphatic rings. The van der Waals surface area contributed by atoms with Gasteiger partial charge in [0.05, 0.1) is 17.8 Å². The van der Waals surface area contributed by atoms with Crippen LogP contribution in [0.15, 0.2) is 54.9 Å². The quantitative estimate of drug-likeness (QED) is 0.354. The maximum atomic E-state index is 12.8. The Bertz CT molecular complexity index is 1290. The molecule has 1 aromatic heterocycles. The average molecular weight is 470 g/mol. The minimum Gasteiger partial charge on any atom is -0.463 e. The van der Waals surface area contributed by atoms with Gasteiger partial charge in [0.15, 0.2) is 6.29 Å². The van der Waals surface area contributed by atoms with Crippen molar-refractivity contribution in [3.63, 3.8) is 0 Å². The van der Waals surface area contributed by atoms with Crippen LogP contribution in [0.2, 0.25) is 0 Å². The fourth-order valence-corrected chi connectivity index (χ4v) is 4.24. The van der Waals surface area contributed by atoms with Gasteiger partial charge >= 0.3 is 0 Å². The molecule has 2 fully saturated rings. The van der Waals surface area contributed by atoms with Crippen LogP contribution >= 0.6 is 0 Å². The number of nitrogens with one attached hydrogen (secondary N) is 3. The molecule has 1 amide bonds. The molecular weight excluding hydrogens is 442 g/mol. The first kappa shape index (κ1) is 22.8. The molecule has 3 N–H and O–H groups in total. The molecule has 8 heteroatoms. The topological polar surface area (TPSA) is 97.4 Å². The molecule has 0 spiro atoms. The Hall–Kier alpha value is -3.93. The summed E-state index contributed by atoms with van der Waals surface area (Å²) >= 11 is 0. The molecule has 2 aliphatic heterocycles. The van der Waals surface area contributed by atoms with Gasteiger partial charge in [0.25, 0.3) is 0 Å². The van der Waals surface area contributed by atoms with E-state index in [-0.39, 0.29) is 18.2 Å². The third-order valence-corrected chi connectivity index (χ3v) is 6.01. The van der Waals surface area contributed by atoms with Crippen molar-refractivity contribution >= 4 is 34.0 Å². The first-order valence-electron chi connectivity index (χ1n) is 11.8. The molecular formula is C27H27N5O3. The van der Waals surface area contributed by atoms with Crippen molar-refractivity contribution in [1.82, 2.24) is 15.3 Å². The van der Waals surface area contributed by atoms with Crippen molar-refractivity contribution in [3.05, 3.63) is 60.4 Å². The SMILES string of the molecule is C#Cc1cccc(Nc2ncnc3cc(O[C@H]4CCCO4)c(NC(=O)/C=C/C4CCCN4)cc23)c1. The van der Waals surface area contributed by atoms with Gasteiger partial charge in [-0.25, -0.2) is 9.97 Å². The zero-order valence-corrected chi connectivity index (χ0v) is 19.3. The van der Waals surface area contributed by atoms with Gasteiger partial charge in [-0.3, -0.25) is 4.79 Å². The van der Waals surface area contributed by atoms with Crippen LogP contribution in [0.5, 0.6) is 5.75 Å². The highest BCUT2D eigenvalue weighted by atomic mass is 16.7. The van der Waals surface area contributed by atoms with Crippen LogP contribution in [0.4, 0.5) is 17.2 Å². The van der Waals surface area contributed by atoms with Gasteiger partial charge in [-0.2, -0.15) is 0 Å². The largest absolute Gasteiger partial charge is 0.463 e. The number of carbonyl (C=O) groups is 1. The fraction of sp³-hybridized carbons (Fsp3) is 0.296. The maximum absolute atomic E-state index is 12.8. The molecule has 5 rings (SSSR count). The predicted molar refractivity (Wildman–Crippen MR) is 136 cm³/mol. The van der Waals surface area contributed by atoms with E-state index in [2.05, 4.69) is 31.8 Å². The second-order valence-corrected chi connectivity index (χ2v) is 8.55. The second-order valence-electron chi connectivity index (χ2n) is 8.55. The summed E-state index contributed by atoms with van der Waals surface area (Å²) in [6, 6.07) is 11.4. The van der Waals surface area contributed by atoms with Gasteiger partial charge < -0.3 is 25.4 Å². The van der Waals surface area contributed by atoms with E-state index in [1.54, 1.807) is 12.1 Å². The smallest absolute Gasteiger partial charge is 0.248 e. The maximum Gasteiger partial charge on any atom is 0.248 e. The number of hydrogen-bond donors (Lipinski definition) is 3. The second kappa shape index (κ2) is 10.6. The van der Waals surface area contributed by atoms with Gasteiger partial charge in [0, 0.05) is 41.2 Å². The normalized spacial score (nSPS) is 19.6. The Balaban J connectivity index is 1.47. The van der Waals surface area contributed by atoms with Gasteiger partial charge in [-0.1, -0.05) is 18.1 Å². The van der Waals surface area contributed by atoms with E-state index in [0.717, 1.165) is 48.9 Å². The molecule has 2 atom stereocenters. The van der Waals surface area contributed by atoms with Crippen LogP contribution in [0.1, 0.15) is 31.2 Å². The zero-order valence-electron chi connectivity index (χ0n) is 19.3. The van der Waals surface area contributed by atoms with Crippen molar-refractivity contribution in [3.8, 4) is 18.1 Å². The van der Waals surface area contributed by atoms with Gasteiger partial charge in [0.2, 0.25) is 5.91 Å². The zero-order chi connectivity index (χ0) is 24.0. The molecule has 2 aromatic carbocycles. The van der Waals surface area contributed by atoms with Crippen molar-refractivity contribution in [2.24, 2.45) is 0 Å². The summed E-state index contributed by atoms with van der Waals surface area (Å²) in [6.45, 7) is 1.63. The number of fused-ring (bicyclic) bond motifs is 1. The number of nitrogens with zero attached hydrogens (tertiary/aromatic N) is 2. The van der Waals surface area contributed by atoms with Gasteiger partial charge in [-0.05, 0) is 50.1 Å². The first-order chi connectivity index (χ1) is 17.2. The van der Waals surface area contributed by atoms with Crippen LogP contribution in [0.3, 0.4) is 0 Å². The van der Waals surface area contributed by atoms with Crippen LogP contribution in [-0.4, -0.2) is 41.4 Å². The lowest BCUT2D eigenvalue weighted by Crippen LogP contribution is -2.20. The van der Waals surface area contributed by atoms with Crippen molar-refractivity contribution in [2.75, 3.05) is 23.8 Å². The highest BCUT2D eigenvalue weighted by molar-refractivity contribution is 6.03. The minimum absolute atomic E-state index is 0.225. The molecule has 178 valence electrons. The summed E-state index contributed by atoms with van der Waals surface area (Å²) in [4.78, 5) is 21.6. The van der Waals surface area contributed by atoms with E-state index >= 15 is 0 Å². The molecule has 0 saturated carbocycles. The van der Waals surface area contributed by atoms with Gasteiger partial charge in [-0.15, -0.1) is 6.42 Å². The molecule has 1 unspecified atom stereocenters. The molecule has 35 heavy (non-hydrogen) atoms. The summed E-state index contributed by atoms with van der Waals surface area (Å²) in [5.41, 5.74) is 2.76. The van der Waals surface area contributed by atoms with Gasteiger partial charge in [0.1, 0.15) is 17.9 Å². The Morgan fingerprint density at radius 1 is 1.23 bits per heavy atom. The average Bonchev–Trinajstić information content (AvgIpc) is 3.58. The van der Waals surface area contributed by atoms with Crippen molar-refractivity contribution in [1.29, 1.82) is 0 Å². The highest BCUT2D eigenvalue weighted by Crippen LogP contribution is 2.35. The third kappa shape index (κ3) is 5.60. The Morgan fingerprint density at radius 2 is 2.17 bits per heavy atom. The lowest BCUT2D eigenvalue weighted by atomic mass is 10.1. The summed E-state index contributed by atoms with van der Waals surface area (Å²) in [5, 5.41) is 10.4. The predicted octanol–water partition coefficient (Wildman–Crippen LogP) is 4.12. The number of aromatic nitrogens is 2. The fourth-order valence-electron chi connectivity index (χ4n) is 4.24. The number of anilines is 3. The number of ether oxygens (including phenoxy) is 2. The third-order valence-electron chi connectivity index (χ3n) is 6.01. The number of amides is 1. The summed E-state index contributed by atoms with van der Waals surface area (Å²) in [6.07, 6.45) is 14.0. The van der Waals surface area contributed by atoms with E-state index in [0.29, 0.717) is 29.4 Å². The lowest BCUT2D eigenvalue weighted by Gasteiger charge is -2.18. The number of carbonyl (C=O) groups excluding carboxylic acids is 1. The number of hydrogen-bond acceptors (Lipinski definition) is 7. The standard InChI is InChI=1S/C27H27N5O3/c1-2-18-6-3-7-20(14-18)31-27-21-15-23(32-25(33)11-10-19-8-4-12-28-19)24(16-22(21)29-17-30-27)35-26-9-5-13-34-26/h1,3,6-7,10-11,14-17,19,26,28H,4-5,8-9,12-13H2,(H,32,33)(H,29,30,31)/b11-10+/t19?,26-/m0/s1. The van der Waals surface area contributed by atoms with Crippen molar-refractivity contribution in [2.45, 2.75) is 38.0 Å². The van der Waals surface area contributed by atoms with E-state index in [1.807, 2.05) is 36.4 Å². The molecule has 2 saturated heterocycles. The minimum atomic E-state index is -0.354. The van der Waals surface area contributed by atoms with E-state index in [4.69, 9.17) is 15.9 Å². The Morgan fingerprint density at radius 3 is 2.97 bits per heavy atom. The van der Waals surface area contributed by atoms with Crippen LogP contribution in [-0.2, 0) is 9.53 Å². The summed E-state index contributed by atoms with van der Waals surface area (Å²) in [7, 11) is 0. The molecule has 0 aliphatic carbocycles. The van der Waals surface area contributed by atoms with E-state index in [1.165, 1.54) is 6.33 Å². The monoisotopic (exact) mass is 469 g/mol. The highest BCUT2D eigenvalue weighted by Gasteiger charge is 2.21. The van der Waals surface area contributed by atoms with Crippen LogP contribution < -0.4 is 20.7 Å². The summed E-state index contributed by atoms with van der Waals surface area (Å²) < 4.78 is 11.8. The number of rotatable bonds is 7. The Kier molecular flexibility index (Phi) is 6.89. The van der Waals surface area contributed by atoms with Crippen LogP contribution in [0, 0.1) is 12.3 Å². The van der Waals surface area contributed by atoms with E-state index in [9.17, 15) is 4.79 Å². The molecule has 0 radical (unpaired) electrons. The number of benzene rings is 2.